The Morgan fingerprint density at radius 2 is 1.75 bits per heavy atom. The van der Waals surface area contributed by atoms with Crippen LogP contribution in [0.4, 0.5) is 16.2 Å². The van der Waals surface area contributed by atoms with Crippen molar-refractivity contribution in [3.05, 3.63) is 36.4 Å². The topological polar surface area (TPSA) is 85.1 Å². The molecule has 7 nitrogen and oxygen atoms in total. The quantitative estimate of drug-likeness (QED) is 0.418. The summed E-state index contributed by atoms with van der Waals surface area (Å²) in [6.45, 7) is 12.9. The minimum absolute atomic E-state index is 0.159. The number of nitrogen functional groups attached to an aromatic ring is 1. The largest absolute Gasteiger partial charge is 0.461 e. The Labute approximate surface area is 191 Å². The van der Waals surface area contributed by atoms with E-state index in [2.05, 4.69) is 11.5 Å². The van der Waals surface area contributed by atoms with Gasteiger partial charge in [0.25, 0.3) is 0 Å². The van der Waals surface area contributed by atoms with Crippen LogP contribution in [0.25, 0.3) is 0 Å². The standard InChI is InChI=1S/C25H37N3O4/c1-5-16-31-22(29)18-19-17-20(6-7-21(19)26)27-12-8-25(9-13-27)10-14-28(15-11-25)23(30)32-24(2,3)4/h5-7,17H,1,8-16,18,26H2,2-4H3. The molecule has 0 saturated carbocycles. The molecule has 0 aliphatic carbocycles. The Morgan fingerprint density at radius 3 is 2.34 bits per heavy atom. The van der Waals surface area contributed by atoms with Crippen LogP contribution < -0.4 is 10.6 Å². The molecule has 1 aromatic rings. The molecule has 2 aliphatic heterocycles. The zero-order chi connectivity index (χ0) is 23.4. The van der Waals surface area contributed by atoms with E-state index < -0.39 is 5.60 Å². The van der Waals surface area contributed by atoms with Gasteiger partial charge in [0.1, 0.15) is 12.2 Å². The maximum absolute atomic E-state index is 12.4. The lowest BCUT2D eigenvalue weighted by molar-refractivity contribution is -0.141. The van der Waals surface area contributed by atoms with Crippen molar-refractivity contribution in [2.45, 2.75) is 58.5 Å². The van der Waals surface area contributed by atoms with E-state index in [1.165, 1.54) is 0 Å². The normalized spacial score (nSPS) is 18.3. The lowest BCUT2D eigenvalue weighted by Crippen LogP contribution is -2.49. The minimum Gasteiger partial charge on any atom is -0.461 e. The molecule has 0 aromatic heterocycles. The highest BCUT2D eigenvalue weighted by atomic mass is 16.6. The monoisotopic (exact) mass is 443 g/mol. The Morgan fingerprint density at radius 1 is 1.12 bits per heavy atom. The van der Waals surface area contributed by atoms with Gasteiger partial charge in [-0.3, -0.25) is 4.79 Å². The Bertz CT molecular complexity index is 828. The molecule has 2 N–H and O–H groups in total. The Hall–Kier alpha value is -2.70. The number of carbonyl (C=O) groups excluding carboxylic acids is 2. The van der Waals surface area contributed by atoms with Crippen molar-refractivity contribution in [2.75, 3.05) is 43.4 Å². The van der Waals surface area contributed by atoms with E-state index >= 15 is 0 Å². The maximum Gasteiger partial charge on any atom is 0.410 e. The zero-order valence-corrected chi connectivity index (χ0v) is 19.7. The summed E-state index contributed by atoms with van der Waals surface area (Å²) in [5.41, 5.74) is 8.41. The van der Waals surface area contributed by atoms with Gasteiger partial charge in [0.2, 0.25) is 0 Å². The molecule has 32 heavy (non-hydrogen) atoms. The molecule has 0 radical (unpaired) electrons. The van der Waals surface area contributed by atoms with Gasteiger partial charge in [-0.2, -0.15) is 0 Å². The number of nitrogens with zero attached hydrogens (tertiary/aromatic N) is 2. The Balaban J connectivity index is 1.55. The predicted octanol–water partition coefficient (Wildman–Crippen LogP) is 4.16. The highest BCUT2D eigenvalue weighted by molar-refractivity contribution is 5.76. The third-order valence-corrected chi connectivity index (χ3v) is 6.49. The number of benzene rings is 1. The number of ether oxygens (including phenoxy) is 2. The summed E-state index contributed by atoms with van der Waals surface area (Å²) in [4.78, 5) is 28.6. The van der Waals surface area contributed by atoms with Crippen molar-refractivity contribution >= 4 is 23.4 Å². The van der Waals surface area contributed by atoms with Crippen LogP contribution in [-0.2, 0) is 20.7 Å². The second-order valence-electron chi connectivity index (χ2n) is 9.99. The average Bonchev–Trinajstić information content (AvgIpc) is 2.74. The lowest BCUT2D eigenvalue weighted by Gasteiger charge is -2.47. The van der Waals surface area contributed by atoms with Gasteiger partial charge in [0.05, 0.1) is 6.42 Å². The summed E-state index contributed by atoms with van der Waals surface area (Å²) in [6, 6.07) is 5.90. The van der Waals surface area contributed by atoms with Gasteiger partial charge in [-0.15, -0.1) is 0 Å². The van der Waals surface area contributed by atoms with Gasteiger partial charge < -0.3 is 25.0 Å². The minimum atomic E-state index is -0.460. The molecule has 1 spiro atoms. The van der Waals surface area contributed by atoms with E-state index in [1.807, 2.05) is 43.9 Å². The number of likely N-dealkylation sites (tertiary alicyclic amines) is 1. The third-order valence-electron chi connectivity index (χ3n) is 6.49. The fourth-order valence-corrected chi connectivity index (χ4v) is 4.53. The van der Waals surface area contributed by atoms with Gasteiger partial charge in [0.15, 0.2) is 0 Å². The molecular formula is C25H37N3O4. The number of rotatable bonds is 5. The fourth-order valence-electron chi connectivity index (χ4n) is 4.53. The summed E-state index contributed by atoms with van der Waals surface area (Å²) < 4.78 is 10.6. The first kappa shape index (κ1) is 24.0. The molecule has 7 heteroatoms. The molecule has 176 valence electrons. The van der Waals surface area contributed by atoms with Crippen LogP contribution in [0.15, 0.2) is 30.9 Å². The molecule has 2 heterocycles. The van der Waals surface area contributed by atoms with Gasteiger partial charge in [0, 0.05) is 37.6 Å². The number of esters is 1. The lowest BCUT2D eigenvalue weighted by atomic mass is 9.71. The molecule has 2 aliphatic rings. The van der Waals surface area contributed by atoms with Crippen LogP contribution in [-0.4, -0.2) is 55.3 Å². The van der Waals surface area contributed by atoms with Crippen LogP contribution >= 0.6 is 0 Å². The van der Waals surface area contributed by atoms with E-state index in [-0.39, 0.29) is 25.1 Å². The first-order chi connectivity index (χ1) is 15.1. The smallest absolute Gasteiger partial charge is 0.410 e. The van der Waals surface area contributed by atoms with Crippen molar-refractivity contribution < 1.29 is 19.1 Å². The van der Waals surface area contributed by atoms with Crippen LogP contribution in [0.5, 0.6) is 0 Å². The van der Waals surface area contributed by atoms with E-state index in [9.17, 15) is 9.59 Å². The molecule has 1 aromatic carbocycles. The molecule has 0 atom stereocenters. The van der Waals surface area contributed by atoms with E-state index in [1.54, 1.807) is 6.08 Å². The van der Waals surface area contributed by atoms with Crippen molar-refractivity contribution in [1.82, 2.24) is 4.90 Å². The SMILES string of the molecule is C=CCOC(=O)Cc1cc(N2CCC3(CCN(C(=O)OC(C)(C)C)CC3)CC2)ccc1N. The maximum atomic E-state index is 12.4. The number of hydrogen-bond acceptors (Lipinski definition) is 6. The van der Waals surface area contributed by atoms with Crippen molar-refractivity contribution in [2.24, 2.45) is 5.41 Å². The predicted molar refractivity (Wildman–Crippen MR) is 127 cm³/mol. The molecule has 2 fully saturated rings. The third kappa shape index (κ3) is 6.17. The molecule has 0 unspecified atom stereocenters. The van der Waals surface area contributed by atoms with E-state index in [0.717, 1.165) is 63.1 Å². The van der Waals surface area contributed by atoms with Crippen LogP contribution in [0.2, 0.25) is 0 Å². The summed E-state index contributed by atoms with van der Waals surface area (Å²) in [6.07, 6.45) is 5.73. The molecule has 0 bridgehead atoms. The van der Waals surface area contributed by atoms with Crippen molar-refractivity contribution in [3.63, 3.8) is 0 Å². The zero-order valence-electron chi connectivity index (χ0n) is 19.7. The summed E-state index contributed by atoms with van der Waals surface area (Å²) in [5.74, 6) is -0.303. The van der Waals surface area contributed by atoms with Gasteiger partial charge in [-0.25, -0.2) is 4.79 Å². The number of anilines is 2. The molecule has 1 amide bonds. The van der Waals surface area contributed by atoms with Gasteiger partial charge >= 0.3 is 12.1 Å². The number of carbonyl (C=O) groups is 2. The average molecular weight is 444 g/mol. The van der Waals surface area contributed by atoms with E-state index in [4.69, 9.17) is 15.2 Å². The van der Waals surface area contributed by atoms with Gasteiger partial charge in [-0.1, -0.05) is 12.7 Å². The fraction of sp³-hybridized carbons (Fsp3) is 0.600. The van der Waals surface area contributed by atoms with Crippen LogP contribution in [0, 0.1) is 5.41 Å². The first-order valence-corrected chi connectivity index (χ1v) is 11.5. The highest BCUT2D eigenvalue weighted by Gasteiger charge is 2.39. The summed E-state index contributed by atoms with van der Waals surface area (Å²) in [5, 5.41) is 0. The van der Waals surface area contributed by atoms with Crippen molar-refractivity contribution in [3.8, 4) is 0 Å². The van der Waals surface area contributed by atoms with E-state index in [0.29, 0.717) is 11.1 Å². The summed E-state index contributed by atoms with van der Waals surface area (Å²) in [7, 11) is 0. The van der Waals surface area contributed by atoms with Crippen LogP contribution in [0.3, 0.4) is 0 Å². The number of hydrogen-bond donors (Lipinski definition) is 1. The molecule has 2 saturated heterocycles. The molecular weight excluding hydrogens is 406 g/mol. The number of nitrogens with two attached hydrogens (primary N) is 1. The second kappa shape index (κ2) is 9.84. The first-order valence-electron chi connectivity index (χ1n) is 11.5. The van der Waals surface area contributed by atoms with Gasteiger partial charge in [-0.05, 0) is 75.6 Å². The second-order valence-corrected chi connectivity index (χ2v) is 9.99. The Kier molecular flexibility index (Phi) is 7.36. The number of amides is 1. The van der Waals surface area contributed by atoms with Crippen molar-refractivity contribution in [1.29, 1.82) is 0 Å². The van der Waals surface area contributed by atoms with Crippen LogP contribution in [0.1, 0.15) is 52.0 Å². The number of piperidine rings is 2. The highest BCUT2D eigenvalue weighted by Crippen LogP contribution is 2.42. The summed E-state index contributed by atoms with van der Waals surface area (Å²) >= 11 is 0. The molecule has 3 rings (SSSR count).